The number of anilines is 1. The molecule has 0 atom stereocenters. The third kappa shape index (κ3) is 5.62. The van der Waals surface area contributed by atoms with Crippen LogP contribution in [0.3, 0.4) is 0 Å². The summed E-state index contributed by atoms with van der Waals surface area (Å²) in [6, 6.07) is 14.8. The fourth-order valence-electron chi connectivity index (χ4n) is 4.14. The van der Waals surface area contributed by atoms with Gasteiger partial charge in [-0.15, -0.1) is 0 Å². The molecule has 0 aliphatic carbocycles. The molecule has 3 aromatic heterocycles. The van der Waals surface area contributed by atoms with Crippen LogP contribution in [0.25, 0.3) is 33.9 Å². The Kier molecular flexibility index (Phi) is 6.79. The number of nitrogens with two attached hydrogens (primary N) is 2. The van der Waals surface area contributed by atoms with Crippen LogP contribution < -0.4 is 16.8 Å². The molecule has 0 aliphatic rings. The topological polar surface area (TPSA) is 142 Å². The zero-order valence-electron chi connectivity index (χ0n) is 20.3. The maximum atomic E-state index is 14.0. The summed E-state index contributed by atoms with van der Waals surface area (Å²) in [4.78, 5) is 37.6. The minimum atomic E-state index is -0.779. The first kappa shape index (κ1) is 25.2. The Labute approximate surface area is 220 Å². The van der Waals surface area contributed by atoms with E-state index >= 15 is 0 Å². The van der Waals surface area contributed by atoms with Crippen LogP contribution >= 0.6 is 0 Å². The summed E-state index contributed by atoms with van der Waals surface area (Å²) in [6.07, 6.45) is 6.16. The van der Waals surface area contributed by atoms with Crippen molar-refractivity contribution in [2.24, 2.45) is 5.73 Å². The fourth-order valence-corrected chi connectivity index (χ4v) is 4.14. The number of hydrogen-bond donors (Lipinski definition) is 3. The highest BCUT2D eigenvalue weighted by Crippen LogP contribution is 2.28. The molecule has 2 amide bonds. The number of rotatable bonds is 7. The molecular weight excluding hydrogens is 504 g/mol. The maximum absolute atomic E-state index is 14.0. The second kappa shape index (κ2) is 10.5. The summed E-state index contributed by atoms with van der Waals surface area (Å²) in [7, 11) is 0. The highest BCUT2D eigenvalue weighted by molar-refractivity contribution is 5.97. The normalized spacial score (nSPS) is 11.5. The van der Waals surface area contributed by atoms with Crippen LogP contribution in [0.1, 0.15) is 21.6 Å². The van der Waals surface area contributed by atoms with Crippen LogP contribution in [0.15, 0.2) is 79.3 Å². The highest BCUT2D eigenvalue weighted by Gasteiger charge is 2.17. The van der Waals surface area contributed by atoms with Gasteiger partial charge in [0.05, 0.1) is 11.4 Å². The minimum Gasteiger partial charge on any atom is -0.368 e. The summed E-state index contributed by atoms with van der Waals surface area (Å²) in [5.74, 6) is -2.56. The van der Waals surface area contributed by atoms with Gasteiger partial charge in [0.2, 0.25) is 17.8 Å². The lowest BCUT2D eigenvalue weighted by atomic mass is 9.99. The molecule has 0 saturated heterocycles. The number of primary amides is 1. The van der Waals surface area contributed by atoms with Crippen molar-refractivity contribution in [2.45, 2.75) is 6.54 Å². The van der Waals surface area contributed by atoms with E-state index in [0.29, 0.717) is 27.9 Å². The highest BCUT2D eigenvalue weighted by atomic mass is 19.1. The molecule has 5 rings (SSSR count). The Morgan fingerprint density at radius 3 is 2.56 bits per heavy atom. The quantitative estimate of drug-likeness (QED) is 0.295. The summed E-state index contributed by atoms with van der Waals surface area (Å²) >= 11 is 0. The molecule has 0 aliphatic heterocycles. The van der Waals surface area contributed by atoms with Crippen molar-refractivity contribution in [3.05, 3.63) is 108 Å². The molecule has 0 spiro atoms. The van der Waals surface area contributed by atoms with Gasteiger partial charge < -0.3 is 21.4 Å². The second-order valence-electron chi connectivity index (χ2n) is 8.60. The lowest BCUT2D eigenvalue weighted by Crippen LogP contribution is -2.27. The Morgan fingerprint density at radius 2 is 1.79 bits per heavy atom. The number of aromatic nitrogens is 4. The first-order valence-corrected chi connectivity index (χ1v) is 11.7. The van der Waals surface area contributed by atoms with Crippen molar-refractivity contribution >= 4 is 40.6 Å². The third-order valence-electron chi connectivity index (χ3n) is 5.83. The van der Waals surface area contributed by atoms with Crippen molar-refractivity contribution < 1.29 is 18.4 Å². The average molecular weight is 526 g/mol. The number of fused-ring (bicyclic) bond motifs is 1. The second-order valence-corrected chi connectivity index (χ2v) is 8.60. The van der Waals surface area contributed by atoms with Gasteiger partial charge in [0.1, 0.15) is 23.8 Å². The van der Waals surface area contributed by atoms with Gasteiger partial charge >= 0.3 is 0 Å². The predicted molar refractivity (Wildman–Crippen MR) is 143 cm³/mol. The van der Waals surface area contributed by atoms with Crippen molar-refractivity contribution in [1.29, 1.82) is 0 Å². The summed E-state index contributed by atoms with van der Waals surface area (Å²) in [6.45, 7) is -0.145. The number of benzene rings is 2. The molecule has 9 nitrogen and oxygen atoms in total. The Hall–Kier alpha value is -5.45. The number of carbonyl (C=O) groups excluding carboxylic acids is 2. The smallest absolute Gasteiger partial charge is 0.248 e. The number of pyridine rings is 1. The van der Waals surface area contributed by atoms with Gasteiger partial charge in [-0.05, 0) is 53.6 Å². The van der Waals surface area contributed by atoms with Crippen molar-refractivity contribution in [2.75, 3.05) is 5.73 Å². The first-order valence-electron chi connectivity index (χ1n) is 11.7. The Bertz CT molecular complexity index is 1740. The number of nitrogens with zero attached hydrogens (tertiary/aromatic N) is 4. The SMILES string of the molecule is NC(=O)c1cccc(-c2cccnc2C(=Cc2cc(F)cc(F)c2)NC(=O)Cn2ccc3cnc(N)nc32)c1. The lowest BCUT2D eigenvalue weighted by molar-refractivity contribution is -0.120. The number of nitrogen functional groups attached to an aromatic ring is 1. The van der Waals surface area contributed by atoms with Gasteiger partial charge in [-0.3, -0.25) is 14.6 Å². The van der Waals surface area contributed by atoms with Gasteiger partial charge in [0, 0.05) is 41.2 Å². The number of halogens is 2. The van der Waals surface area contributed by atoms with Crippen LogP contribution in [-0.4, -0.2) is 31.3 Å². The number of nitrogens with one attached hydrogen (secondary N) is 1. The van der Waals surface area contributed by atoms with E-state index in [-0.39, 0.29) is 29.3 Å². The molecule has 0 saturated carbocycles. The number of hydrogen-bond acceptors (Lipinski definition) is 6. The van der Waals surface area contributed by atoms with Gasteiger partial charge in [-0.2, -0.15) is 4.98 Å². The zero-order valence-corrected chi connectivity index (χ0v) is 20.3. The Morgan fingerprint density at radius 1 is 1.00 bits per heavy atom. The predicted octanol–water partition coefficient (Wildman–Crippen LogP) is 3.77. The average Bonchev–Trinajstić information content (AvgIpc) is 3.29. The number of carbonyl (C=O) groups is 2. The lowest BCUT2D eigenvalue weighted by Gasteiger charge is -2.15. The maximum Gasteiger partial charge on any atom is 0.248 e. The molecule has 5 N–H and O–H groups in total. The molecule has 0 bridgehead atoms. The van der Waals surface area contributed by atoms with E-state index in [2.05, 4.69) is 20.3 Å². The molecule has 5 aromatic rings. The van der Waals surface area contributed by atoms with E-state index in [1.54, 1.807) is 59.4 Å². The van der Waals surface area contributed by atoms with Gasteiger partial charge in [-0.25, -0.2) is 13.8 Å². The number of amides is 2. The van der Waals surface area contributed by atoms with E-state index in [0.717, 1.165) is 18.2 Å². The van der Waals surface area contributed by atoms with Gasteiger partial charge in [-0.1, -0.05) is 18.2 Å². The molecular formula is C28H21F2N7O2. The molecule has 0 radical (unpaired) electrons. The molecule has 2 aromatic carbocycles. The standard InChI is InChI=1S/C28H21F2N7O2/c29-20-9-16(10-21(30)13-20)11-23(35-24(38)15-37-8-6-19-14-34-28(32)36-27(19)37)25-22(5-2-7-33-25)17-3-1-4-18(12-17)26(31)39/h1-14H,15H2,(H2,31,39)(H,35,38)(H2,32,34,36). The van der Waals surface area contributed by atoms with Crippen LogP contribution in [-0.2, 0) is 11.3 Å². The van der Waals surface area contributed by atoms with Gasteiger partial charge in [0.15, 0.2) is 0 Å². The monoisotopic (exact) mass is 525 g/mol. The molecule has 11 heteroatoms. The summed E-state index contributed by atoms with van der Waals surface area (Å²) < 4.78 is 29.6. The first-order chi connectivity index (χ1) is 18.8. The van der Waals surface area contributed by atoms with E-state index in [4.69, 9.17) is 11.5 Å². The molecule has 0 unspecified atom stereocenters. The van der Waals surface area contributed by atoms with E-state index < -0.39 is 23.4 Å². The molecule has 194 valence electrons. The minimum absolute atomic E-state index is 0.0629. The van der Waals surface area contributed by atoms with Crippen molar-refractivity contribution in [3.63, 3.8) is 0 Å². The van der Waals surface area contributed by atoms with E-state index in [1.807, 2.05) is 0 Å². The molecule has 0 fully saturated rings. The van der Waals surface area contributed by atoms with Gasteiger partial charge in [0.25, 0.3) is 0 Å². The van der Waals surface area contributed by atoms with E-state index in [1.165, 1.54) is 12.3 Å². The Balaban J connectivity index is 1.57. The van der Waals surface area contributed by atoms with Crippen LogP contribution in [0.5, 0.6) is 0 Å². The van der Waals surface area contributed by atoms with Crippen molar-refractivity contribution in [3.8, 4) is 11.1 Å². The van der Waals surface area contributed by atoms with E-state index in [9.17, 15) is 18.4 Å². The largest absolute Gasteiger partial charge is 0.368 e. The van der Waals surface area contributed by atoms with Crippen LogP contribution in [0.2, 0.25) is 0 Å². The van der Waals surface area contributed by atoms with Crippen LogP contribution in [0.4, 0.5) is 14.7 Å². The third-order valence-corrected chi connectivity index (χ3v) is 5.83. The van der Waals surface area contributed by atoms with Crippen LogP contribution in [0, 0.1) is 11.6 Å². The summed E-state index contributed by atoms with van der Waals surface area (Å²) in [5.41, 5.74) is 13.7. The molecule has 39 heavy (non-hydrogen) atoms. The molecule has 3 heterocycles. The zero-order chi connectivity index (χ0) is 27.5. The summed E-state index contributed by atoms with van der Waals surface area (Å²) in [5, 5.41) is 3.51. The van der Waals surface area contributed by atoms with Crippen molar-refractivity contribution in [1.82, 2.24) is 24.8 Å². The fraction of sp³-hybridized carbons (Fsp3) is 0.0357.